The Kier molecular flexibility index (Phi) is 10.5. The van der Waals surface area contributed by atoms with Crippen LogP contribution < -0.4 is 14.2 Å². The van der Waals surface area contributed by atoms with Gasteiger partial charge in [-0.15, -0.1) is 0 Å². The average molecular weight is 685 g/mol. The second-order valence-electron chi connectivity index (χ2n) is 11.3. The van der Waals surface area contributed by atoms with Crippen molar-refractivity contribution in [2.45, 2.75) is 25.9 Å². The first kappa shape index (κ1) is 35.2. The molecule has 0 N–H and O–H groups in total. The van der Waals surface area contributed by atoms with Crippen LogP contribution >= 0.6 is 0 Å². The van der Waals surface area contributed by atoms with Crippen molar-refractivity contribution in [3.8, 4) is 28.4 Å². The summed E-state index contributed by atoms with van der Waals surface area (Å²) in [6.07, 6.45) is 1.94. The van der Waals surface area contributed by atoms with E-state index in [1.54, 1.807) is 36.4 Å². The highest BCUT2D eigenvalue weighted by Gasteiger charge is 2.36. The molecule has 5 rings (SSSR count). The lowest BCUT2D eigenvalue weighted by Crippen LogP contribution is -2.17. The molecule has 0 spiro atoms. The molecular weight excluding hydrogens is 654 g/mol. The molecule has 0 saturated carbocycles. The standard InChI is InChI=1S/C38H30F2O10/c1-5-34(41)47-20-45-19-22-7-11-28(32(39)15-22)36(43)49-24-9-12-26-27-13-10-25(17-31(27)38(3,4)30(26)16-24)50-37(44)29-14-8-23(18-33(29)40)46-21-48-35(42)6-2/h5-18H,1-2,19-21H2,3-4H3. The molecule has 4 aromatic carbocycles. The third-order valence-corrected chi connectivity index (χ3v) is 7.77. The number of fused-ring (bicyclic) bond motifs is 3. The van der Waals surface area contributed by atoms with Crippen LogP contribution in [0.5, 0.6) is 17.2 Å². The highest BCUT2D eigenvalue weighted by Crippen LogP contribution is 2.50. The summed E-state index contributed by atoms with van der Waals surface area (Å²) in [5, 5.41) is 0. The molecule has 50 heavy (non-hydrogen) atoms. The Labute approximate surface area is 285 Å². The van der Waals surface area contributed by atoms with Gasteiger partial charge in [0, 0.05) is 23.6 Å². The topological polar surface area (TPSA) is 124 Å². The Hall–Kier alpha value is -6.14. The fraction of sp³-hybridized carbons (Fsp3) is 0.158. The number of carbonyl (C=O) groups is 4. The molecule has 0 unspecified atom stereocenters. The Bertz CT molecular complexity index is 2020. The summed E-state index contributed by atoms with van der Waals surface area (Å²) >= 11 is 0. The zero-order valence-electron chi connectivity index (χ0n) is 27.0. The van der Waals surface area contributed by atoms with E-state index in [2.05, 4.69) is 13.2 Å². The number of hydrogen-bond acceptors (Lipinski definition) is 10. The lowest BCUT2D eigenvalue weighted by Gasteiger charge is -2.22. The monoisotopic (exact) mass is 684 g/mol. The fourth-order valence-electron chi connectivity index (χ4n) is 5.24. The van der Waals surface area contributed by atoms with E-state index >= 15 is 0 Å². The second kappa shape index (κ2) is 15.0. The third-order valence-electron chi connectivity index (χ3n) is 7.77. The molecule has 0 saturated heterocycles. The Morgan fingerprint density at radius 2 is 1.16 bits per heavy atom. The maximum Gasteiger partial charge on any atom is 0.346 e. The molecule has 0 fully saturated rings. The van der Waals surface area contributed by atoms with Crippen molar-refractivity contribution >= 4 is 23.9 Å². The number of hydrogen-bond donors (Lipinski definition) is 0. The van der Waals surface area contributed by atoms with Gasteiger partial charge in [0.2, 0.25) is 6.79 Å². The van der Waals surface area contributed by atoms with Gasteiger partial charge in [-0.1, -0.05) is 45.2 Å². The predicted octanol–water partition coefficient (Wildman–Crippen LogP) is 6.98. The minimum Gasteiger partial charge on any atom is -0.457 e. The van der Waals surface area contributed by atoms with E-state index in [0.717, 1.165) is 46.5 Å². The van der Waals surface area contributed by atoms with Gasteiger partial charge in [0.05, 0.1) is 17.7 Å². The molecule has 0 atom stereocenters. The van der Waals surface area contributed by atoms with Crippen LogP contribution in [0, 0.1) is 11.6 Å². The zero-order chi connectivity index (χ0) is 36.0. The van der Waals surface area contributed by atoms with Crippen molar-refractivity contribution in [1.29, 1.82) is 0 Å². The minimum absolute atomic E-state index is 0.0357. The number of ether oxygens (including phenoxy) is 6. The molecule has 10 nitrogen and oxygen atoms in total. The van der Waals surface area contributed by atoms with E-state index < -0.39 is 47.7 Å². The second-order valence-corrected chi connectivity index (χ2v) is 11.3. The molecule has 0 bridgehead atoms. The van der Waals surface area contributed by atoms with E-state index in [9.17, 15) is 28.0 Å². The Balaban J connectivity index is 1.24. The first-order valence-electron chi connectivity index (χ1n) is 15.0. The summed E-state index contributed by atoms with van der Waals surface area (Å²) in [5.41, 5.74) is 2.49. The lowest BCUT2D eigenvalue weighted by atomic mass is 9.82. The first-order chi connectivity index (χ1) is 23.9. The largest absolute Gasteiger partial charge is 0.457 e. The molecule has 0 aliphatic heterocycles. The van der Waals surface area contributed by atoms with Crippen LogP contribution in [0.15, 0.2) is 98.1 Å². The Morgan fingerprint density at radius 1 is 0.660 bits per heavy atom. The smallest absolute Gasteiger partial charge is 0.346 e. The van der Waals surface area contributed by atoms with Crippen molar-refractivity contribution in [3.05, 3.63) is 138 Å². The van der Waals surface area contributed by atoms with Crippen LogP contribution in [-0.4, -0.2) is 37.5 Å². The molecule has 12 heteroatoms. The number of halogens is 2. The van der Waals surface area contributed by atoms with Crippen molar-refractivity contribution < 1.29 is 56.4 Å². The van der Waals surface area contributed by atoms with Crippen molar-refractivity contribution in [2.75, 3.05) is 13.6 Å². The molecule has 256 valence electrons. The van der Waals surface area contributed by atoms with E-state index in [-0.39, 0.29) is 41.8 Å². The van der Waals surface area contributed by atoms with Gasteiger partial charge >= 0.3 is 23.9 Å². The molecule has 0 aromatic heterocycles. The van der Waals surface area contributed by atoms with Crippen molar-refractivity contribution in [1.82, 2.24) is 0 Å². The summed E-state index contributed by atoms with van der Waals surface area (Å²) in [5.74, 6) is -4.50. The quantitative estimate of drug-likeness (QED) is 0.0479. The number of benzene rings is 4. The van der Waals surface area contributed by atoms with Crippen LogP contribution in [0.4, 0.5) is 8.78 Å². The van der Waals surface area contributed by atoms with Crippen molar-refractivity contribution in [2.24, 2.45) is 0 Å². The molecule has 1 aliphatic carbocycles. The van der Waals surface area contributed by atoms with Gasteiger partial charge in [0.1, 0.15) is 28.9 Å². The summed E-state index contributed by atoms with van der Waals surface area (Å²) in [6, 6.07) is 17.5. The lowest BCUT2D eigenvalue weighted by molar-refractivity contribution is -0.151. The van der Waals surface area contributed by atoms with E-state index in [0.29, 0.717) is 5.56 Å². The number of esters is 4. The van der Waals surface area contributed by atoms with Gasteiger partial charge in [-0.05, 0) is 76.3 Å². The van der Waals surface area contributed by atoms with Gasteiger partial charge in [-0.2, -0.15) is 0 Å². The van der Waals surface area contributed by atoms with Crippen LogP contribution in [0.3, 0.4) is 0 Å². The molecule has 1 aliphatic rings. The molecule has 0 heterocycles. The van der Waals surface area contributed by atoms with Gasteiger partial charge < -0.3 is 28.4 Å². The molecule has 0 radical (unpaired) electrons. The summed E-state index contributed by atoms with van der Waals surface area (Å²) < 4.78 is 60.4. The highest BCUT2D eigenvalue weighted by atomic mass is 19.1. The first-order valence-corrected chi connectivity index (χ1v) is 15.0. The van der Waals surface area contributed by atoms with E-state index in [4.69, 9.17) is 28.4 Å². The zero-order valence-corrected chi connectivity index (χ0v) is 27.0. The fourth-order valence-corrected chi connectivity index (χ4v) is 5.24. The normalized spacial score (nSPS) is 12.2. The average Bonchev–Trinajstić information content (AvgIpc) is 3.31. The van der Waals surface area contributed by atoms with Crippen LogP contribution in [0.25, 0.3) is 11.1 Å². The van der Waals surface area contributed by atoms with Crippen LogP contribution in [0.1, 0.15) is 51.3 Å². The van der Waals surface area contributed by atoms with Gasteiger partial charge in [0.25, 0.3) is 0 Å². The maximum absolute atomic E-state index is 14.8. The number of carbonyl (C=O) groups excluding carboxylic acids is 4. The SMILES string of the molecule is C=CC(=O)OCOCc1ccc(C(=O)Oc2ccc3c(c2)C(C)(C)c2cc(OC(=O)c4ccc(OCOC(=O)C=C)cc4F)ccc2-3)c(F)c1. The van der Waals surface area contributed by atoms with Gasteiger partial charge in [0.15, 0.2) is 6.79 Å². The third kappa shape index (κ3) is 7.77. The highest BCUT2D eigenvalue weighted by molar-refractivity contribution is 5.93. The summed E-state index contributed by atoms with van der Waals surface area (Å²) in [6.45, 7) is 9.55. The van der Waals surface area contributed by atoms with Crippen LogP contribution in [0.2, 0.25) is 0 Å². The molecule has 4 aromatic rings. The number of rotatable bonds is 13. The Morgan fingerprint density at radius 3 is 1.68 bits per heavy atom. The molecular formula is C38H30F2O10. The van der Waals surface area contributed by atoms with Crippen molar-refractivity contribution in [3.63, 3.8) is 0 Å². The van der Waals surface area contributed by atoms with E-state index in [1.807, 2.05) is 13.8 Å². The van der Waals surface area contributed by atoms with Crippen LogP contribution in [-0.2, 0) is 35.8 Å². The molecule has 0 amide bonds. The predicted molar refractivity (Wildman–Crippen MR) is 174 cm³/mol. The van der Waals surface area contributed by atoms with Gasteiger partial charge in [-0.25, -0.2) is 28.0 Å². The van der Waals surface area contributed by atoms with Gasteiger partial charge in [-0.3, -0.25) is 0 Å². The summed E-state index contributed by atoms with van der Waals surface area (Å²) in [4.78, 5) is 48.0. The van der Waals surface area contributed by atoms with E-state index in [1.165, 1.54) is 24.3 Å². The minimum atomic E-state index is -0.934. The maximum atomic E-state index is 14.8. The summed E-state index contributed by atoms with van der Waals surface area (Å²) in [7, 11) is 0.